The molecule has 0 amide bonds. The maximum absolute atomic E-state index is 12.3. The Kier molecular flexibility index (Phi) is 3.56. The van der Waals surface area contributed by atoms with E-state index in [0.717, 1.165) is 25.7 Å². The van der Waals surface area contributed by atoms with E-state index in [9.17, 15) is 9.59 Å². The lowest BCUT2D eigenvalue weighted by Crippen LogP contribution is -2.40. The highest BCUT2D eigenvalue weighted by Crippen LogP contribution is 2.14. The van der Waals surface area contributed by atoms with Crippen molar-refractivity contribution >= 4 is 17.2 Å². The molecule has 1 atom stereocenters. The number of likely N-dealkylation sites (tertiary alicyclic amines) is 1. The van der Waals surface area contributed by atoms with E-state index in [4.69, 9.17) is 0 Å². The number of carbonyl (C=O) groups is 1. The smallest absolute Gasteiger partial charge is 0.278 e. The van der Waals surface area contributed by atoms with Crippen LogP contribution in [0.1, 0.15) is 12.8 Å². The summed E-state index contributed by atoms with van der Waals surface area (Å²) >= 11 is 0. The van der Waals surface area contributed by atoms with Crippen LogP contribution in [0.4, 0.5) is 0 Å². The van der Waals surface area contributed by atoms with Crippen LogP contribution in [0, 0.1) is 5.92 Å². The van der Waals surface area contributed by atoms with Gasteiger partial charge in [0.1, 0.15) is 11.8 Å². The molecule has 1 unspecified atom stereocenters. The van der Waals surface area contributed by atoms with Gasteiger partial charge in [0.25, 0.3) is 5.56 Å². The van der Waals surface area contributed by atoms with E-state index in [1.807, 2.05) is 12.1 Å². The van der Waals surface area contributed by atoms with Crippen molar-refractivity contribution in [1.82, 2.24) is 19.9 Å². The second-order valence-electron chi connectivity index (χ2n) is 5.17. The highest BCUT2D eigenvalue weighted by Gasteiger charge is 2.20. The fraction of sp³-hybridized carbons (Fsp3) is 0.429. The number of rotatable bonds is 3. The second-order valence-corrected chi connectivity index (χ2v) is 5.17. The molecule has 1 aromatic heterocycles. The summed E-state index contributed by atoms with van der Waals surface area (Å²) in [7, 11) is 0. The summed E-state index contributed by atoms with van der Waals surface area (Å²) in [6.45, 7) is 1.96. The summed E-state index contributed by atoms with van der Waals surface area (Å²) in [5, 5.41) is 8.61. The van der Waals surface area contributed by atoms with E-state index in [1.54, 1.807) is 12.1 Å². The SMILES string of the molecule is O=CC1CCCN(Cn2nnc3ccccc3c2=O)C1. The van der Waals surface area contributed by atoms with Crippen LogP contribution in [0.25, 0.3) is 10.9 Å². The average Bonchev–Trinajstić information content (AvgIpc) is 2.50. The van der Waals surface area contributed by atoms with Crippen molar-refractivity contribution in [2.45, 2.75) is 19.5 Å². The van der Waals surface area contributed by atoms with Gasteiger partial charge >= 0.3 is 0 Å². The zero-order valence-corrected chi connectivity index (χ0v) is 11.1. The van der Waals surface area contributed by atoms with Crippen molar-refractivity contribution in [2.24, 2.45) is 5.92 Å². The van der Waals surface area contributed by atoms with Crippen molar-refractivity contribution in [3.63, 3.8) is 0 Å². The van der Waals surface area contributed by atoms with E-state index < -0.39 is 0 Å². The number of aromatic nitrogens is 3. The fourth-order valence-corrected chi connectivity index (χ4v) is 2.64. The zero-order chi connectivity index (χ0) is 13.9. The van der Waals surface area contributed by atoms with Crippen LogP contribution in [-0.4, -0.2) is 39.3 Å². The van der Waals surface area contributed by atoms with Crippen LogP contribution in [0.3, 0.4) is 0 Å². The first-order valence-corrected chi connectivity index (χ1v) is 6.78. The maximum Gasteiger partial charge on any atom is 0.278 e. The van der Waals surface area contributed by atoms with Crippen LogP contribution < -0.4 is 5.56 Å². The van der Waals surface area contributed by atoms with Crippen molar-refractivity contribution < 1.29 is 4.79 Å². The van der Waals surface area contributed by atoms with Gasteiger partial charge in [0.2, 0.25) is 0 Å². The number of carbonyl (C=O) groups excluding carboxylic acids is 1. The van der Waals surface area contributed by atoms with Crippen molar-refractivity contribution in [3.8, 4) is 0 Å². The number of fused-ring (bicyclic) bond motifs is 1. The van der Waals surface area contributed by atoms with E-state index in [0.29, 0.717) is 24.1 Å². The van der Waals surface area contributed by atoms with Gasteiger partial charge in [-0.05, 0) is 31.5 Å². The molecule has 2 aromatic rings. The molecule has 3 rings (SSSR count). The molecule has 20 heavy (non-hydrogen) atoms. The Morgan fingerprint density at radius 1 is 1.35 bits per heavy atom. The van der Waals surface area contributed by atoms with Crippen LogP contribution >= 0.6 is 0 Å². The van der Waals surface area contributed by atoms with Gasteiger partial charge in [-0.25, -0.2) is 0 Å². The first-order valence-electron chi connectivity index (χ1n) is 6.78. The number of benzene rings is 1. The lowest BCUT2D eigenvalue weighted by atomic mass is 10.0. The van der Waals surface area contributed by atoms with Gasteiger partial charge in [0.15, 0.2) is 0 Å². The van der Waals surface area contributed by atoms with Gasteiger partial charge in [0.05, 0.1) is 12.1 Å². The Balaban J connectivity index is 1.86. The van der Waals surface area contributed by atoms with Crippen molar-refractivity contribution in [1.29, 1.82) is 0 Å². The van der Waals surface area contributed by atoms with E-state index >= 15 is 0 Å². The first-order chi connectivity index (χ1) is 9.78. The Morgan fingerprint density at radius 3 is 3.05 bits per heavy atom. The lowest BCUT2D eigenvalue weighted by molar-refractivity contribution is -0.112. The summed E-state index contributed by atoms with van der Waals surface area (Å²) in [6.07, 6.45) is 2.90. The molecule has 6 heteroatoms. The summed E-state index contributed by atoms with van der Waals surface area (Å²) in [6, 6.07) is 7.18. The summed E-state index contributed by atoms with van der Waals surface area (Å²) in [4.78, 5) is 25.3. The molecular formula is C14H16N4O2. The number of hydrogen-bond donors (Lipinski definition) is 0. The molecule has 0 bridgehead atoms. The Labute approximate surface area is 116 Å². The van der Waals surface area contributed by atoms with Gasteiger partial charge in [0, 0.05) is 12.5 Å². The molecule has 0 aliphatic carbocycles. The largest absolute Gasteiger partial charge is 0.303 e. The van der Waals surface area contributed by atoms with Crippen LogP contribution in [0.2, 0.25) is 0 Å². The van der Waals surface area contributed by atoms with Gasteiger partial charge in [-0.15, -0.1) is 5.10 Å². The summed E-state index contributed by atoms with van der Waals surface area (Å²) in [5.74, 6) is 0.0628. The molecule has 0 N–H and O–H groups in total. The molecule has 0 spiro atoms. The predicted molar refractivity (Wildman–Crippen MR) is 74.2 cm³/mol. The number of aldehydes is 1. The molecule has 0 radical (unpaired) electrons. The van der Waals surface area contributed by atoms with Gasteiger partial charge in [-0.3, -0.25) is 9.69 Å². The number of piperidine rings is 1. The van der Waals surface area contributed by atoms with Crippen LogP contribution in [0.5, 0.6) is 0 Å². The normalized spacial score (nSPS) is 20.1. The van der Waals surface area contributed by atoms with Gasteiger partial charge < -0.3 is 4.79 Å². The highest BCUT2D eigenvalue weighted by atomic mass is 16.1. The number of nitrogens with zero attached hydrogens (tertiary/aromatic N) is 4. The third-order valence-corrected chi connectivity index (χ3v) is 3.70. The lowest BCUT2D eigenvalue weighted by Gasteiger charge is -2.29. The Hall–Kier alpha value is -2.08. The van der Waals surface area contributed by atoms with Gasteiger partial charge in [-0.2, -0.15) is 4.68 Å². The minimum absolute atomic E-state index is 0.0628. The predicted octanol–water partition coefficient (Wildman–Crippen LogP) is 0.660. The van der Waals surface area contributed by atoms with Crippen LogP contribution in [0.15, 0.2) is 29.1 Å². The van der Waals surface area contributed by atoms with E-state index in [1.165, 1.54) is 4.68 Å². The molecule has 1 aliphatic rings. The average molecular weight is 272 g/mol. The second kappa shape index (κ2) is 5.50. The van der Waals surface area contributed by atoms with Crippen molar-refractivity contribution in [3.05, 3.63) is 34.6 Å². The number of hydrogen-bond acceptors (Lipinski definition) is 5. The summed E-state index contributed by atoms with van der Waals surface area (Å²) < 4.78 is 1.37. The quantitative estimate of drug-likeness (QED) is 0.768. The summed E-state index contributed by atoms with van der Waals surface area (Å²) in [5.41, 5.74) is 0.474. The monoisotopic (exact) mass is 272 g/mol. The molecule has 6 nitrogen and oxygen atoms in total. The minimum Gasteiger partial charge on any atom is -0.303 e. The molecule has 1 saturated heterocycles. The topological polar surface area (TPSA) is 68.1 Å². The standard InChI is InChI=1S/C14H16N4O2/c19-9-11-4-3-7-17(8-11)10-18-14(20)12-5-1-2-6-13(12)15-16-18/h1-2,5-6,9,11H,3-4,7-8,10H2. The molecule has 1 fully saturated rings. The van der Waals surface area contributed by atoms with E-state index in [2.05, 4.69) is 15.2 Å². The third kappa shape index (κ3) is 2.46. The molecule has 1 aliphatic heterocycles. The molecular weight excluding hydrogens is 256 g/mol. The first kappa shape index (κ1) is 12.9. The highest BCUT2D eigenvalue weighted by molar-refractivity contribution is 5.76. The zero-order valence-electron chi connectivity index (χ0n) is 11.1. The molecule has 104 valence electrons. The van der Waals surface area contributed by atoms with Crippen molar-refractivity contribution in [2.75, 3.05) is 13.1 Å². The third-order valence-electron chi connectivity index (χ3n) is 3.70. The molecule has 1 aromatic carbocycles. The molecule has 0 saturated carbocycles. The molecule has 2 heterocycles. The van der Waals surface area contributed by atoms with Crippen LogP contribution in [-0.2, 0) is 11.5 Å². The maximum atomic E-state index is 12.3. The van der Waals surface area contributed by atoms with Gasteiger partial charge in [-0.1, -0.05) is 17.3 Å². The Morgan fingerprint density at radius 2 is 2.20 bits per heavy atom. The van der Waals surface area contributed by atoms with E-state index in [-0.39, 0.29) is 11.5 Å². The minimum atomic E-state index is -0.135. The Bertz CT molecular complexity index is 682. The fourth-order valence-electron chi connectivity index (χ4n) is 2.64.